The van der Waals surface area contributed by atoms with Crippen molar-refractivity contribution in [3.63, 3.8) is 0 Å². The summed E-state index contributed by atoms with van der Waals surface area (Å²) in [5, 5.41) is 0. The molecular formula is C20H23N5O3. The molecule has 0 aliphatic carbocycles. The number of para-hydroxylation sites is 1. The number of rotatable bonds is 3. The molecule has 0 atom stereocenters. The maximum Gasteiger partial charge on any atom is 0.409 e. The fraction of sp³-hybridized carbons (Fsp3) is 0.400. The molecule has 1 fully saturated rings. The van der Waals surface area contributed by atoms with Gasteiger partial charge in [-0.15, -0.1) is 0 Å². The first-order valence-electron chi connectivity index (χ1n) is 9.56. The van der Waals surface area contributed by atoms with Crippen molar-refractivity contribution in [2.75, 3.05) is 44.2 Å². The van der Waals surface area contributed by atoms with E-state index >= 15 is 0 Å². The van der Waals surface area contributed by atoms with Gasteiger partial charge in [0.1, 0.15) is 17.8 Å². The molecule has 0 radical (unpaired) electrons. The maximum absolute atomic E-state index is 12.9. The van der Waals surface area contributed by atoms with Crippen molar-refractivity contribution in [2.24, 2.45) is 0 Å². The summed E-state index contributed by atoms with van der Waals surface area (Å²) in [5.74, 6) is 0.591. The maximum atomic E-state index is 12.9. The van der Waals surface area contributed by atoms with Gasteiger partial charge in [0.15, 0.2) is 0 Å². The summed E-state index contributed by atoms with van der Waals surface area (Å²) in [7, 11) is 0. The van der Waals surface area contributed by atoms with Crippen molar-refractivity contribution in [1.82, 2.24) is 19.8 Å². The SMILES string of the molecule is CCOC(=O)N1CCN(C(=O)c2cc(N3CCc4ccccc43)ncn2)CC1. The van der Waals surface area contributed by atoms with Gasteiger partial charge in [0.05, 0.1) is 6.61 Å². The average Bonchev–Trinajstić information content (AvgIpc) is 3.18. The highest BCUT2D eigenvalue weighted by Crippen LogP contribution is 2.33. The van der Waals surface area contributed by atoms with Gasteiger partial charge in [0.2, 0.25) is 0 Å². The topological polar surface area (TPSA) is 78.9 Å². The lowest BCUT2D eigenvalue weighted by molar-refractivity contribution is 0.0566. The fourth-order valence-electron chi connectivity index (χ4n) is 3.66. The van der Waals surface area contributed by atoms with Crippen LogP contribution >= 0.6 is 0 Å². The molecule has 1 aromatic heterocycles. The molecule has 0 unspecified atom stereocenters. The van der Waals surface area contributed by atoms with E-state index in [-0.39, 0.29) is 12.0 Å². The number of aromatic nitrogens is 2. The molecule has 2 amide bonds. The molecule has 8 heteroatoms. The van der Waals surface area contributed by atoms with Crippen molar-refractivity contribution < 1.29 is 14.3 Å². The van der Waals surface area contributed by atoms with Crippen LogP contribution in [0.25, 0.3) is 0 Å². The van der Waals surface area contributed by atoms with Gasteiger partial charge in [-0.1, -0.05) is 18.2 Å². The Bertz CT molecular complexity index is 880. The summed E-state index contributed by atoms with van der Waals surface area (Å²) < 4.78 is 5.02. The Kier molecular flexibility index (Phi) is 5.10. The van der Waals surface area contributed by atoms with E-state index in [1.54, 1.807) is 22.8 Å². The molecule has 146 valence electrons. The second kappa shape index (κ2) is 7.84. The first-order chi connectivity index (χ1) is 13.7. The Morgan fingerprint density at radius 1 is 1.04 bits per heavy atom. The van der Waals surface area contributed by atoms with Gasteiger partial charge in [-0.05, 0) is 25.0 Å². The van der Waals surface area contributed by atoms with E-state index in [1.165, 1.54) is 11.9 Å². The zero-order valence-corrected chi connectivity index (χ0v) is 15.9. The number of fused-ring (bicyclic) bond motifs is 1. The highest BCUT2D eigenvalue weighted by molar-refractivity contribution is 5.93. The Hall–Kier alpha value is -3.16. The van der Waals surface area contributed by atoms with Gasteiger partial charge in [-0.2, -0.15) is 0 Å². The van der Waals surface area contributed by atoms with Crippen molar-refractivity contribution in [3.05, 3.63) is 47.9 Å². The highest BCUT2D eigenvalue weighted by atomic mass is 16.6. The third-order valence-electron chi connectivity index (χ3n) is 5.13. The number of piperazine rings is 1. The molecule has 2 aliphatic heterocycles. The average molecular weight is 381 g/mol. The summed E-state index contributed by atoms with van der Waals surface area (Å²) in [6.45, 7) is 4.81. The normalized spacial score (nSPS) is 16.1. The molecule has 0 saturated carbocycles. The van der Waals surface area contributed by atoms with Crippen molar-refractivity contribution in [1.29, 1.82) is 0 Å². The first kappa shape index (κ1) is 18.2. The Morgan fingerprint density at radius 3 is 2.57 bits per heavy atom. The molecule has 3 heterocycles. The van der Waals surface area contributed by atoms with Gasteiger partial charge in [0, 0.05) is 44.5 Å². The number of carbonyl (C=O) groups is 2. The molecular weight excluding hydrogens is 358 g/mol. The van der Waals surface area contributed by atoms with Crippen molar-refractivity contribution >= 4 is 23.5 Å². The lowest BCUT2D eigenvalue weighted by atomic mass is 10.2. The van der Waals surface area contributed by atoms with Gasteiger partial charge in [-0.25, -0.2) is 14.8 Å². The number of hydrogen-bond donors (Lipinski definition) is 0. The second-order valence-electron chi connectivity index (χ2n) is 6.77. The quantitative estimate of drug-likeness (QED) is 0.810. The van der Waals surface area contributed by atoms with Crippen LogP contribution in [0.3, 0.4) is 0 Å². The Morgan fingerprint density at radius 2 is 1.79 bits per heavy atom. The largest absolute Gasteiger partial charge is 0.450 e. The molecule has 4 rings (SSSR count). The van der Waals surface area contributed by atoms with Crippen LogP contribution < -0.4 is 4.90 Å². The third kappa shape index (κ3) is 3.49. The molecule has 2 aliphatic rings. The lowest BCUT2D eigenvalue weighted by Gasteiger charge is -2.33. The number of nitrogens with zero attached hydrogens (tertiary/aromatic N) is 5. The smallest absolute Gasteiger partial charge is 0.409 e. The van der Waals surface area contributed by atoms with E-state index in [9.17, 15) is 9.59 Å². The van der Waals surface area contributed by atoms with Crippen molar-refractivity contribution in [2.45, 2.75) is 13.3 Å². The zero-order chi connectivity index (χ0) is 19.5. The molecule has 1 aromatic carbocycles. The monoisotopic (exact) mass is 381 g/mol. The Labute approximate surface area is 163 Å². The van der Waals surface area contributed by atoms with Gasteiger partial charge in [0.25, 0.3) is 5.91 Å². The van der Waals surface area contributed by atoms with Crippen LogP contribution in [0, 0.1) is 0 Å². The van der Waals surface area contributed by atoms with E-state index in [0.717, 1.165) is 24.5 Å². The minimum atomic E-state index is -0.327. The summed E-state index contributed by atoms with van der Waals surface area (Å²) in [6.07, 6.45) is 2.07. The van der Waals surface area contributed by atoms with E-state index in [2.05, 4.69) is 27.0 Å². The molecule has 0 bridgehead atoms. The predicted molar refractivity (Wildman–Crippen MR) is 104 cm³/mol. The van der Waals surface area contributed by atoms with Crippen LogP contribution in [0.4, 0.5) is 16.3 Å². The van der Waals surface area contributed by atoms with Crippen molar-refractivity contribution in [3.8, 4) is 0 Å². The molecule has 0 spiro atoms. The third-order valence-corrected chi connectivity index (χ3v) is 5.13. The van der Waals surface area contributed by atoms with Crippen LogP contribution in [0.5, 0.6) is 0 Å². The molecule has 0 N–H and O–H groups in total. The minimum absolute atomic E-state index is 0.139. The first-order valence-corrected chi connectivity index (χ1v) is 9.56. The van der Waals surface area contributed by atoms with Crippen LogP contribution in [0.2, 0.25) is 0 Å². The molecule has 8 nitrogen and oxygen atoms in total. The molecule has 2 aromatic rings. The Balaban J connectivity index is 1.45. The lowest BCUT2D eigenvalue weighted by Crippen LogP contribution is -2.50. The number of ether oxygens (including phenoxy) is 1. The van der Waals surface area contributed by atoms with Crippen LogP contribution in [0.15, 0.2) is 36.7 Å². The van der Waals surface area contributed by atoms with Crippen LogP contribution in [-0.4, -0.2) is 71.1 Å². The van der Waals surface area contributed by atoms with E-state index in [4.69, 9.17) is 4.74 Å². The van der Waals surface area contributed by atoms with Crippen LogP contribution in [-0.2, 0) is 11.2 Å². The van der Waals surface area contributed by atoms with Gasteiger partial charge >= 0.3 is 6.09 Å². The molecule has 1 saturated heterocycles. The van der Waals surface area contributed by atoms with Gasteiger partial charge in [-0.3, -0.25) is 4.79 Å². The number of anilines is 2. The zero-order valence-electron chi connectivity index (χ0n) is 15.9. The number of benzene rings is 1. The standard InChI is InChI=1S/C20H23N5O3/c1-2-28-20(27)24-11-9-23(10-12-24)19(26)16-13-18(22-14-21-16)25-8-7-15-5-3-4-6-17(15)25/h3-6,13-14H,2,7-12H2,1H3. The second-order valence-corrected chi connectivity index (χ2v) is 6.77. The predicted octanol–water partition coefficient (Wildman–Crippen LogP) is 2.09. The van der Waals surface area contributed by atoms with E-state index in [0.29, 0.717) is 38.5 Å². The number of hydrogen-bond acceptors (Lipinski definition) is 6. The minimum Gasteiger partial charge on any atom is -0.450 e. The van der Waals surface area contributed by atoms with Crippen LogP contribution in [0.1, 0.15) is 23.0 Å². The number of amides is 2. The van der Waals surface area contributed by atoms with E-state index < -0.39 is 0 Å². The highest BCUT2D eigenvalue weighted by Gasteiger charge is 2.27. The van der Waals surface area contributed by atoms with E-state index in [1.807, 2.05) is 12.1 Å². The summed E-state index contributed by atoms with van der Waals surface area (Å²) in [4.78, 5) is 38.7. The summed E-state index contributed by atoms with van der Waals surface area (Å²) >= 11 is 0. The number of carbonyl (C=O) groups excluding carboxylic acids is 2. The summed E-state index contributed by atoms with van der Waals surface area (Å²) in [5.41, 5.74) is 2.78. The molecule has 28 heavy (non-hydrogen) atoms. The summed E-state index contributed by atoms with van der Waals surface area (Å²) in [6, 6.07) is 9.98. The fourth-order valence-corrected chi connectivity index (χ4v) is 3.66. The van der Waals surface area contributed by atoms with Gasteiger partial charge < -0.3 is 19.4 Å².